The van der Waals surface area contributed by atoms with Gasteiger partial charge < -0.3 is 10.0 Å². The smallest absolute Gasteiger partial charge is 0.313 e. The van der Waals surface area contributed by atoms with Crippen LogP contribution in [0.4, 0.5) is 0 Å². The van der Waals surface area contributed by atoms with E-state index in [1.165, 1.54) is 0 Å². The minimum Gasteiger partial charge on any atom is -0.481 e. The Balaban J connectivity index is 2.20. The fourth-order valence-electron chi connectivity index (χ4n) is 1.18. The van der Waals surface area contributed by atoms with Crippen LogP contribution in [0, 0.1) is 0 Å². The highest BCUT2D eigenvalue weighted by Crippen LogP contribution is 2.06. The molecule has 0 radical (unpaired) electrons. The molecule has 1 rings (SSSR count). The van der Waals surface area contributed by atoms with Crippen molar-refractivity contribution in [1.29, 1.82) is 0 Å². The molecular formula is C9H13NO3S. The lowest BCUT2D eigenvalue weighted by molar-refractivity contribution is -0.133. The first-order chi connectivity index (χ1) is 6.70. The molecule has 14 heavy (non-hydrogen) atoms. The fourth-order valence-corrected chi connectivity index (χ4v) is 1.82. The van der Waals surface area contributed by atoms with Crippen molar-refractivity contribution in [2.75, 3.05) is 24.6 Å². The van der Waals surface area contributed by atoms with Crippen LogP contribution in [-0.2, 0) is 9.59 Å². The standard InChI is InChI=1S/C9H13NO3S/c11-8(6-14-7-9(12)13)10-4-2-1-3-5-10/h1-2H,3-7H2,(H,12,13). The fraction of sp³-hybridized carbons (Fsp3) is 0.556. The summed E-state index contributed by atoms with van der Waals surface area (Å²) in [5.74, 6) is -0.586. The van der Waals surface area contributed by atoms with Crippen LogP contribution in [0.3, 0.4) is 0 Å². The van der Waals surface area contributed by atoms with Gasteiger partial charge in [0.05, 0.1) is 11.5 Å². The lowest BCUT2D eigenvalue weighted by atomic mass is 10.2. The largest absolute Gasteiger partial charge is 0.481 e. The lowest BCUT2D eigenvalue weighted by Gasteiger charge is -2.22. The summed E-state index contributed by atoms with van der Waals surface area (Å²) in [5.41, 5.74) is 0. The number of carboxylic acid groups (broad SMARTS) is 1. The molecular weight excluding hydrogens is 202 g/mol. The summed E-state index contributed by atoms with van der Waals surface area (Å²) in [6.07, 6.45) is 4.91. The van der Waals surface area contributed by atoms with Gasteiger partial charge in [-0.3, -0.25) is 9.59 Å². The highest BCUT2D eigenvalue weighted by molar-refractivity contribution is 8.00. The Labute approximate surface area is 87.0 Å². The number of nitrogens with zero attached hydrogens (tertiary/aromatic N) is 1. The summed E-state index contributed by atoms with van der Waals surface area (Å²) in [5, 5.41) is 8.38. The van der Waals surface area contributed by atoms with E-state index in [0.29, 0.717) is 6.54 Å². The van der Waals surface area contributed by atoms with Crippen LogP contribution in [0.2, 0.25) is 0 Å². The maximum Gasteiger partial charge on any atom is 0.313 e. The van der Waals surface area contributed by atoms with Crippen molar-refractivity contribution in [1.82, 2.24) is 4.90 Å². The molecule has 0 aromatic heterocycles. The zero-order chi connectivity index (χ0) is 10.4. The van der Waals surface area contributed by atoms with E-state index in [1.54, 1.807) is 4.90 Å². The summed E-state index contributed by atoms with van der Waals surface area (Å²) >= 11 is 1.15. The van der Waals surface area contributed by atoms with E-state index >= 15 is 0 Å². The summed E-state index contributed by atoms with van der Waals surface area (Å²) < 4.78 is 0. The number of aliphatic carboxylic acids is 1. The molecule has 1 N–H and O–H groups in total. The van der Waals surface area contributed by atoms with Gasteiger partial charge >= 0.3 is 5.97 Å². The third kappa shape index (κ3) is 3.83. The van der Waals surface area contributed by atoms with Crippen molar-refractivity contribution in [2.24, 2.45) is 0 Å². The molecule has 1 aliphatic rings. The van der Waals surface area contributed by atoms with E-state index in [0.717, 1.165) is 24.7 Å². The van der Waals surface area contributed by atoms with E-state index in [-0.39, 0.29) is 17.4 Å². The summed E-state index contributed by atoms with van der Waals surface area (Å²) in [6, 6.07) is 0. The molecule has 0 bridgehead atoms. The number of amides is 1. The molecule has 1 aliphatic heterocycles. The van der Waals surface area contributed by atoms with Gasteiger partial charge in [-0.2, -0.15) is 0 Å². The van der Waals surface area contributed by atoms with Gasteiger partial charge in [0.15, 0.2) is 0 Å². The first-order valence-electron chi connectivity index (χ1n) is 4.42. The molecule has 1 heterocycles. The van der Waals surface area contributed by atoms with Crippen LogP contribution >= 0.6 is 11.8 Å². The molecule has 78 valence electrons. The highest BCUT2D eigenvalue weighted by Gasteiger charge is 2.13. The van der Waals surface area contributed by atoms with Crippen LogP contribution < -0.4 is 0 Å². The predicted octanol–water partition coefficient (Wildman–Crippen LogP) is 0.593. The third-order valence-electron chi connectivity index (χ3n) is 1.86. The normalized spacial score (nSPS) is 15.6. The van der Waals surface area contributed by atoms with Gasteiger partial charge in [0.2, 0.25) is 5.91 Å². The Hall–Kier alpha value is -0.970. The maximum absolute atomic E-state index is 11.5. The second-order valence-electron chi connectivity index (χ2n) is 2.99. The molecule has 0 aromatic rings. The van der Waals surface area contributed by atoms with Crippen molar-refractivity contribution in [3.63, 3.8) is 0 Å². The average Bonchev–Trinajstić information content (AvgIpc) is 2.18. The van der Waals surface area contributed by atoms with E-state index in [9.17, 15) is 9.59 Å². The van der Waals surface area contributed by atoms with Crippen molar-refractivity contribution >= 4 is 23.6 Å². The molecule has 0 unspecified atom stereocenters. The SMILES string of the molecule is O=C(O)CSCC(=O)N1CC=CCC1. The lowest BCUT2D eigenvalue weighted by Crippen LogP contribution is -2.35. The Morgan fingerprint density at radius 1 is 1.36 bits per heavy atom. The topological polar surface area (TPSA) is 57.6 Å². The van der Waals surface area contributed by atoms with Crippen LogP contribution in [0.15, 0.2) is 12.2 Å². The summed E-state index contributed by atoms with van der Waals surface area (Å²) in [6.45, 7) is 1.41. The average molecular weight is 215 g/mol. The summed E-state index contributed by atoms with van der Waals surface area (Å²) in [4.78, 5) is 23.4. The van der Waals surface area contributed by atoms with Gasteiger partial charge in [0.1, 0.15) is 0 Å². The molecule has 0 aliphatic carbocycles. The zero-order valence-corrected chi connectivity index (χ0v) is 8.63. The Bertz CT molecular complexity index is 252. The van der Waals surface area contributed by atoms with E-state index in [4.69, 9.17) is 5.11 Å². The Morgan fingerprint density at radius 3 is 2.71 bits per heavy atom. The first-order valence-corrected chi connectivity index (χ1v) is 5.58. The van der Waals surface area contributed by atoms with Crippen molar-refractivity contribution < 1.29 is 14.7 Å². The number of rotatable bonds is 4. The van der Waals surface area contributed by atoms with Crippen LogP contribution in [0.1, 0.15) is 6.42 Å². The molecule has 0 aromatic carbocycles. The molecule has 0 atom stereocenters. The number of carbonyl (C=O) groups excluding carboxylic acids is 1. The van der Waals surface area contributed by atoms with Crippen LogP contribution in [-0.4, -0.2) is 46.5 Å². The van der Waals surface area contributed by atoms with E-state index < -0.39 is 5.97 Å². The molecule has 4 nitrogen and oxygen atoms in total. The molecule has 1 amide bonds. The van der Waals surface area contributed by atoms with E-state index in [1.807, 2.05) is 12.2 Å². The molecule has 0 saturated carbocycles. The number of carbonyl (C=O) groups is 2. The van der Waals surface area contributed by atoms with Crippen LogP contribution in [0.25, 0.3) is 0 Å². The van der Waals surface area contributed by atoms with E-state index in [2.05, 4.69) is 0 Å². The Kier molecular flexibility index (Phi) is 4.52. The van der Waals surface area contributed by atoms with Gasteiger partial charge in [-0.1, -0.05) is 12.2 Å². The Morgan fingerprint density at radius 2 is 2.14 bits per heavy atom. The summed E-state index contributed by atoms with van der Waals surface area (Å²) in [7, 11) is 0. The van der Waals surface area contributed by atoms with Gasteiger partial charge in [-0.05, 0) is 6.42 Å². The minimum absolute atomic E-state index is 0.00454. The van der Waals surface area contributed by atoms with Gasteiger partial charge in [-0.15, -0.1) is 11.8 Å². The highest BCUT2D eigenvalue weighted by atomic mass is 32.2. The number of thioether (sulfide) groups is 1. The third-order valence-corrected chi connectivity index (χ3v) is 2.76. The molecule has 0 fully saturated rings. The van der Waals surface area contributed by atoms with Crippen molar-refractivity contribution in [3.8, 4) is 0 Å². The second-order valence-corrected chi connectivity index (χ2v) is 3.97. The molecule has 0 spiro atoms. The van der Waals surface area contributed by atoms with Crippen molar-refractivity contribution in [2.45, 2.75) is 6.42 Å². The van der Waals surface area contributed by atoms with Gasteiger partial charge in [-0.25, -0.2) is 0 Å². The minimum atomic E-state index is -0.874. The maximum atomic E-state index is 11.5. The van der Waals surface area contributed by atoms with Gasteiger partial charge in [0.25, 0.3) is 0 Å². The quantitative estimate of drug-likeness (QED) is 0.697. The number of carboxylic acids is 1. The monoisotopic (exact) mass is 215 g/mol. The number of hydrogen-bond acceptors (Lipinski definition) is 3. The number of hydrogen-bond donors (Lipinski definition) is 1. The molecule has 5 heteroatoms. The van der Waals surface area contributed by atoms with Crippen molar-refractivity contribution in [3.05, 3.63) is 12.2 Å². The van der Waals surface area contributed by atoms with Crippen LogP contribution in [0.5, 0.6) is 0 Å². The second kappa shape index (κ2) is 5.70. The molecule has 0 saturated heterocycles. The van der Waals surface area contributed by atoms with Gasteiger partial charge in [0, 0.05) is 13.1 Å². The zero-order valence-electron chi connectivity index (χ0n) is 7.81. The first kappa shape index (κ1) is 11.1. The predicted molar refractivity (Wildman–Crippen MR) is 55.3 cm³/mol.